The summed E-state index contributed by atoms with van der Waals surface area (Å²) in [4.78, 5) is 19.4. The standard InChI is InChI=1S/C19H12BrF3N4OS/c20-14-6-4-12(5-7-14)15-9-24-27-16(15)25-17(26-18(27)28)29-10-11-2-1-3-13(8-11)19(21,22)23/h1-9H,10H2,(H,25,26,28). The van der Waals surface area contributed by atoms with Gasteiger partial charge in [0.1, 0.15) is 0 Å². The van der Waals surface area contributed by atoms with Crippen LogP contribution in [0.1, 0.15) is 11.1 Å². The van der Waals surface area contributed by atoms with E-state index in [0.717, 1.165) is 38.4 Å². The largest absolute Gasteiger partial charge is 0.416 e. The zero-order valence-electron chi connectivity index (χ0n) is 14.6. The first kappa shape index (κ1) is 19.7. The van der Waals surface area contributed by atoms with Gasteiger partial charge in [-0.05, 0) is 29.3 Å². The maximum absolute atomic E-state index is 12.9. The Balaban J connectivity index is 1.64. The van der Waals surface area contributed by atoms with E-state index >= 15 is 0 Å². The van der Waals surface area contributed by atoms with Crippen molar-refractivity contribution in [1.82, 2.24) is 19.6 Å². The summed E-state index contributed by atoms with van der Waals surface area (Å²) in [5.74, 6) is 0.227. The minimum atomic E-state index is -4.40. The molecule has 4 rings (SSSR count). The average molecular weight is 481 g/mol. The second-order valence-electron chi connectivity index (χ2n) is 6.13. The minimum absolute atomic E-state index is 0.227. The molecule has 0 spiro atoms. The second kappa shape index (κ2) is 7.68. The van der Waals surface area contributed by atoms with Gasteiger partial charge in [-0.25, -0.2) is 9.78 Å². The first-order valence-corrected chi connectivity index (χ1v) is 10.1. The van der Waals surface area contributed by atoms with Crippen LogP contribution in [0, 0.1) is 0 Å². The third-order valence-corrected chi connectivity index (χ3v) is 5.62. The molecule has 0 saturated heterocycles. The van der Waals surface area contributed by atoms with E-state index < -0.39 is 17.4 Å². The van der Waals surface area contributed by atoms with Gasteiger partial charge in [0.05, 0.1) is 11.8 Å². The van der Waals surface area contributed by atoms with E-state index in [2.05, 4.69) is 31.0 Å². The van der Waals surface area contributed by atoms with Gasteiger partial charge in [-0.3, -0.25) is 4.98 Å². The van der Waals surface area contributed by atoms with Crippen LogP contribution in [-0.2, 0) is 11.9 Å². The predicted molar refractivity (Wildman–Crippen MR) is 108 cm³/mol. The highest BCUT2D eigenvalue weighted by atomic mass is 79.9. The van der Waals surface area contributed by atoms with Crippen LogP contribution in [0.25, 0.3) is 16.8 Å². The van der Waals surface area contributed by atoms with Crippen LogP contribution < -0.4 is 5.69 Å². The van der Waals surface area contributed by atoms with E-state index in [1.165, 1.54) is 6.07 Å². The van der Waals surface area contributed by atoms with Gasteiger partial charge in [0.2, 0.25) is 0 Å². The number of H-pyrrole nitrogens is 1. The van der Waals surface area contributed by atoms with E-state index in [9.17, 15) is 18.0 Å². The lowest BCUT2D eigenvalue weighted by Gasteiger charge is -2.08. The quantitative estimate of drug-likeness (QED) is 0.410. The summed E-state index contributed by atoms with van der Waals surface area (Å²) >= 11 is 4.53. The summed E-state index contributed by atoms with van der Waals surface area (Å²) in [5, 5.41) is 4.38. The van der Waals surface area contributed by atoms with Crippen molar-refractivity contribution in [2.75, 3.05) is 0 Å². The molecular weight excluding hydrogens is 469 g/mol. The molecule has 10 heteroatoms. The highest BCUT2D eigenvalue weighted by Crippen LogP contribution is 2.31. The molecule has 0 unspecified atom stereocenters. The van der Waals surface area contributed by atoms with E-state index in [1.54, 1.807) is 12.3 Å². The molecule has 0 radical (unpaired) electrons. The van der Waals surface area contributed by atoms with Gasteiger partial charge in [-0.15, -0.1) is 0 Å². The monoisotopic (exact) mass is 480 g/mol. The van der Waals surface area contributed by atoms with Crippen LogP contribution in [0.4, 0.5) is 13.2 Å². The molecule has 5 nitrogen and oxygen atoms in total. The molecule has 1 N–H and O–H groups in total. The van der Waals surface area contributed by atoms with Crippen molar-refractivity contribution < 1.29 is 13.2 Å². The number of alkyl halides is 3. The molecular formula is C19H12BrF3N4OS. The lowest BCUT2D eigenvalue weighted by Crippen LogP contribution is -2.19. The molecule has 0 aliphatic carbocycles. The number of halogens is 4. The molecule has 0 amide bonds. The van der Waals surface area contributed by atoms with Crippen molar-refractivity contribution in [2.24, 2.45) is 0 Å². The summed E-state index contributed by atoms with van der Waals surface area (Å²) in [7, 11) is 0. The summed E-state index contributed by atoms with van der Waals surface area (Å²) in [5.41, 5.74) is 1.21. The van der Waals surface area contributed by atoms with Crippen LogP contribution in [0.2, 0.25) is 0 Å². The molecule has 4 aromatic rings. The molecule has 0 fully saturated rings. The second-order valence-corrected chi connectivity index (χ2v) is 8.01. The van der Waals surface area contributed by atoms with Crippen LogP contribution in [0.3, 0.4) is 0 Å². The fourth-order valence-electron chi connectivity index (χ4n) is 2.76. The Morgan fingerprint density at radius 2 is 1.90 bits per heavy atom. The van der Waals surface area contributed by atoms with Crippen molar-refractivity contribution in [3.05, 3.63) is 80.8 Å². The fraction of sp³-hybridized carbons (Fsp3) is 0.105. The van der Waals surface area contributed by atoms with Crippen molar-refractivity contribution in [2.45, 2.75) is 17.1 Å². The Bertz CT molecular complexity index is 1230. The average Bonchev–Trinajstić information content (AvgIpc) is 3.11. The number of hydrogen-bond acceptors (Lipinski definition) is 4. The summed E-state index contributed by atoms with van der Waals surface area (Å²) in [6, 6.07) is 12.6. The smallest absolute Gasteiger partial charge is 0.285 e. The molecule has 2 aromatic heterocycles. The van der Waals surface area contributed by atoms with Crippen molar-refractivity contribution in [3.63, 3.8) is 0 Å². The number of aromatic nitrogens is 4. The van der Waals surface area contributed by atoms with Crippen molar-refractivity contribution in [3.8, 4) is 11.1 Å². The number of aromatic amines is 1. The Morgan fingerprint density at radius 3 is 2.62 bits per heavy atom. The van der Waals surface area contributed by atoms with Crippen molar-refractivity contribution in [1.29, 1.82) is 0 Å². The number of rotatable bonds is 4. The number of nitrogens with one attached hydrogen (secondary N) is 1. The Hall–Kier alpha value is -2.59. The maximum atomic E-state index is 12.9. The molecule has 0 aliphatic heterocycles. The Labute approximate surface area is 175 Å². The molecule has 29 heavy (non-hydrogen) atoms. The van der Waals surface area contributed by atoms with E-state index in [-0.39, 0.29) is 5.75 Å². The highest BCUT2D eigenvalue weighted by molar-refractivity contribution is 9.10. The predicted octanol–water partition coefficient (Wildman–Crippen LogP) is 5.16. The summed E-state index contributed by atoms with van der Waals surface area (Å²) < 4.78 is 40.7. The van der Waals surface area contributed by atoms with Crippen molar-refractivity contribution >= 4 is 33.3 Å². The molecule has 0 aliphatic rings. The topological polar surface area (TPSA) is 63.0 Å². The normalized spacial score (nSPS) is 11.9. The fourth-order valence-corrected chi connectivity index (χ4v) is 3.82. The molecule has 148 valence electrons. The number of hydrogen-bond donors (Lipinski definition) is 1. The van der Waals surface area contributed by atoms with Gasteiger partial charge in [-0.1, -0.05) is 58.0 Å². The van der Waals surface area contributed by atoms with Gasteiger partial charge >= 0.3 is 11.9 Å². The number of nitrogens with zero attached hydrogens (tertiary/aromatic N) is 3. The number of thioether (sulfide) groups is 1. The maximum Gasteiger partial charge on any atom is 0.416 e. The molecule has 2 heterocycles. The minimum Gasteiger partial charge on any atom is -0.285 e. The number of fused-ring (bicyclic) bond motifs is 1. The molecule has 2 aromatic carbocycles. The van der Waals surface area contributed by atoms with E-state index in [0.29, 0.717) is 21.9 Å². The Morgan fingerprint density at radius 1 is 1.14 bits per heavy atom. The SMILES string of the molecule is O=c1[nH]c(SCc2cccc(C(F)(F)F)c2)nc2c(-c3ccc(Br)cc3)cnn12. The Kier molecular flexibility index (Phi) is 5.22. The van der Waals surface area contributed by atoms with Gasteiger partial charge in [0.25, 0.3) is 0 Å². The first-order valence-electron chi connectivity index (χ1n) is 8.34. The molecule has 0 saturated carbocycles. The van der Waals surface area contributed by atoms with Crippen LogP contribution >= 0.6 is 27.7 Å². The zero-order valence-corrected chi connectivity index (χ0v) is 17.0. The van der Waals surface area contributed by atoms with E-state index in [4.69, 9.17) is 0 Å². The van der Waals surface area contributed by atoms with Crippen LogP contribution in [0.15, 0.2) is 69.2 Å². The lowest BCUT2D eigenvalue weighted by atomic mass is 10.1. The number of benzene rings is 2. The lowest BCUT2D eigenvalue weighted by molar-refractivity contribution is -0.137. The van der Waals surface area contributed by atoms with E-state index in [1.807, 2.05) is 24.3 Å². The van der Waals surface area contributed by atoms with Gasteiger partial charge in [0.15, 0.2) is 10.8 Å². The van der Waals surface area contributed by atoms with Gasteiger partial charge in [-0.2, -0.15) is 22.8 Å². The third kappa shape index (κ3) is 4.23. The van der Waals surface area contributed by atoms with Crippen LogP contribution in [0.5, 0.6) is 0 Å². The third-order valence-electron chi connectivity index (χ3n) is 4.14. The highest BCUT2D eigenvalue weighted by Gasteiger charge is 2.30. The van der Waals surface area contributed by atoms with Gasteiger partial charge in [0, 0.05) is 15.8 Å². The molecule has 0 bridgehead atoms. The first-order chi connectivity index (χ1) is 13.8. The van der Waals surface area contributed by atoms with Gasteiger partial charge < -0.3 is 0 Å². The summed E-state index contributed by atoms with van der Waals surface area (Å²) in [6.07, 6.45) is -2.84. The zero-order chi connectivity index (χ0) is 20.6. The summed E-state index contributed by atoms with van der Waals surface area (Å²) in [6.45, 7) is 0. The van der Waals surface area contributed by atoms with Crippen LogP contribution in [-0.4, -0.2) is 19.6 Å². The molecule has 0 atom stereocenters.